The topological polar surface area (TPSA) is 73.5 Å². The fraction of sp³-hybridized carbons (Fsp3) is 0.556. The number of rotatable bonds is 3. The number of halogens is 1. The van der Waals surface area contributed by atoms with Gasteiger partial charge in [-0.15, -0.1) is 0 Å². The van der Waals surface area contributed by atoms with Crippen LogP contribution in [0, 0.1) is 0 Å². The Labute approximate surface area is 154 Å². The van der Waals surface area contributed by atoms with Crippen molar-refractivity contribution in [3.05, 3.63) is 28.8 Å². The molecule has 6 nitrogen and oxygen atoms in total. The minimum Gasteiger partial charge on any atom is -0.339 e. The first-order valence-electron chi connectivity index (χ1n) is 8.54. The Morgan fingerprint density at radius 2 is 1.88 bits per heavy atom. The lowest BCUT2D eigenvalue weighted by Crippen LogP contribution is -2.44. The molecule has 25 heavy (non-hydrogen) atoms. The number of carbonyl (C=O) groups is 2. The highest BCUT2D eigenvalue weighted by atomic mass is 35.5. The van der Waals surface area contributed by atoms with Gasteiger partial charge < -0.3 is 20.9 Å². The molecule has 1 fully saturated rings. The van der Waals surface area contributed by atoms with E-state index in [0.29, 0.717) is 16.3 Å². The molecule has 0 atom stereocenters. The standard InChI is InChI=1S/C18H27ClN4O2/c1-18(2,3)22-17(25)21-12-5-6-15(19)14(11-12)16(24)23(4)13-7-9-20-10-8-13/h5-6,11,13,20H,7-10H2,1-4H3,(H2,21,22,25). The first kappa shape index (κ1) is 19.5. The van der Waals surface area contributed by atoms with Crippen molar-refractivity contribution in [1.29, 1.82) is 0 Å². The molecule has 3 N–H and O–H groups in total. The fourth-order valence-electron chi connectivity index (χ4n) is 2.82. The van der Waals surface area contributed by atoms with Gasteiger partial charge in [-0.05, 0) is 64.9 Å². The molecule has 1 aromatic rings. The molecule has 0 bridgehead atoms. The Hall–Kier alpha value is -1.79. The number of benzene rings is 1. The molecule has 1 aromatic carbocycles. The molecule has 0 radical (unpaired) electrons. The minimum atomic E-state index is -0.343. The van der Waals surface area contributed by atoms with Crippen LogP contribution in [0.3, 0.4) is 0 Å². The molecule has 0 spiro atoms. The van der Waals surface area contributed by atoms with Crippen LogP contribution in [0.1, 0.15) is 44.0 Å². The predicted molar refractivity (Wildman–Crippen MR) is 101 cm³/mol. The summed E-state index contributed by atoms with van der Waals surface area (Å²) in [6.07, 6.45) is 1.84. The molecule has 0 aliphatic carbocycles. The third-order valence-corrected chi connectivity index (χ3v) is 4.45. The Morgan fingerprint density at radius 3 is 2.48 bits per heavy atom. The van der Waals surface area contributed by atoms with E-state index in [2.05, 4.69) is 16.0 Å². The van der Waals surface area contributed by atoms with Gasteiger partial charge in [0, 0.05) is 24.3 Å². The molecule has 3 amide bonds. The lowest BCUT2D eigenvalue weighted by Gasteiger charge is -2.32. The summed E-state index contributed by atoms with van der Waals surface area (Å²) in [7, 11) is 1.81. The monoisotopic (exact) mass is 366 g/mol. The third kappa shape index (κ3) is 5.61. The van der Waals surface area contributed by atoms with Crippen LogP contribution in [0.15, 0.2) is 18.2 Å². The molecule has 1 saturated heterocycles. The number of hydrogen-bond acceptors (Lipinski definition) is 3. The van der Waals surface area contributed by atoms with Gasteiger partial charge in [0.05, 0.1) is 10.6 Å². The summed E-state index contributed by atoms with van der Waals surface area (Å²) < 4.78 is 0. The minimum absolute atomic E-state index is 0.128. The van der Waals surface area contributed by atoms with E-state index in [-0.39, 0.29) is 23.5 Å². The van der Waals surface area contributed by atoms with Crippen LogP contribution in [0.5, 0.6) is 0 Å². The van der Waals surface area contributed by atoms with Gasteiger partial charge in [0.1, 0.15) is 0 Å². The third-order valence-electron chi connectivity index (χ3n) is 4.12. The average Bonchev–Trinajstić information content (AvgIpc) is 2.54. The van der Waals surface area contributed by atoms with Crippen LogP contribution in [0.25, 0.3) is 0 Å². The maximum atomic E-state index is 12.8. The van der Waals surface area contributed by atoms with Crippen molar-refractivity contribution in [2.24, 2.45) is 0 Å². The number of urea groups is 1. The second kappa shape index (κ2) is 8.06. The molecule has 1 aliphatic heterocycles. The highest BCUT2D eigenvalue weighted by Gasteiger charge is 2.24. The van der Waals surface area contributed by atoms with E-state index in [4.69, 9.17) is 11.6 Å². The number of carbonyl (C=O) groups excluding carboxylic acids is 2. The highest BCUT2D eigenvalue weighted by molar-refractivity contribution is 6.34. The molecule has 1 aliphatic rings. The van der Waals surface area contributed by atoms with Crippen LogP contribution < -0.4 is 16.0 Å². The van der Waals surface area contributed by atoms with E-state index in [9.17, 15) is 9.59 Å². The molecular formula is C18H27ClN4O2. The van der Waals surface area contributed by atoms with E-state index in [1.807, 2.05) is 20.8 Å². The van der Waals surface area contributed by atoms with Gasteiger partial charge in [-0.2, -0.15) is 0 Å². The zero-order valence-corrected chi connectivity index (χ0v) is 16.0. The summed E-state index contributed by atoms with van der Waals surface area (Å²) in [6.45, 7) is 7.52. The van der Waals surface area contributed by atoms with Gasteiger partial charge in [-0.25, -0.2) is 4.79 Å². The van der Waals surface area contributed by atoms with Crippen molar-refractivity contribution in [3.8, 4) is 0 Å². The fourth-order valence-corrected chi connectivity index (χ4v) is 3.02. The molecule has 0 aromatic heterocycles. The van der Waals surface area contributed by atoms with E-state index < -0.39 is 0 Å². The lowest BCUT2D eigenvalue weighted by molar-refractivity contribution is 0.0703. The van der Waals surface area contributed by atoms with Crippen LogP contribution in [-0.4, -0.2) is 48.6 Å². The summed E-state index contributed by atoms with van der Waals surface area (Å²) in [5.74, 6) is -0.128. The van der Waals surface area contributed by atoms with Crippen molar-refractivity contribution < 1.29 is 9.59 Å². The number of nitrogens with zero attached hydrogens (tertiary/aromatic N) is 1. The SMILES string of the molecule is CN(C(=O)c1cc(NC(=O)NC(C)(C)C)ccc1Cl)C1CCNCC1. The quantitative estimate of drug-likeness (QED) is 0.769. The van der Waals surface area contributed by atoms with Gasteiger partial charge in [-0.3, -0.25) is 4.79 Å². The van der Waals surface area contributed by atoms with E-state index >= 15 is 0 Å². The zero-order valence-electron chi connectivity index (χ0n) is 15.3. The van der Waals surface area contributed by atoms with Crippen molar-refractivity contribution in [2.75, 3.05) is 25.5 Å². The van der Waals surface area contributed by atoms with Crippen LogP contribution in [0.4, 0.5) is 10.5 Å². The number of piperidine rings is 1. The van der Waals surface area contributed by atoms with Crippen LogP contribution in [0.2, 0.25) is 5.02 Å². The summed E-state index contributed by atoms with van der Waals surface area (Å²) >= 11 is 6.23. The summed E-state index contributed by atoms with van der Waals surface area (Å²) in [4.78, 5) is 26.6. The van der Waals surface area contributed by atoms with E-state index in [1.54, 1.807) is 30.1 Å². The van der Waals surface area contributed by atoms with Crippen LogP contribution >= 0.6 is 11.6 Å². The second-order valence-electron chi connectivity index (χ2n) is 7.42. The van der Waals surface area contributed by atoms with E-state index in [0.717, 1.165) is 25.9 Å². The van der Waals surface area contributed by atoms with Gasteiger partial charge in [0.2, 0.25) is 0 Å². The molecule has 7 heteroatoms. The van der Waals surface area contributed by atoms with Gasteiger partial charge in [0.15, 0.2) is 0 Å². The van der Waals surface area contributed by atoms with Crippen molar-refractivity contribution >= 4 is 29.2 Å². The number of anilines is 1. The Balaban J connectivity index is 2.12. The Morgan fingerprint density at radius 1 is 1.24 bits per heavy atom. The molecule has 2 rings (SSSR count). The summed E-state index contributed by atoms with van der Waals surface area (Å²) in [5, 5.41) is 9.24. The van der Waals surface area contributed by atoms with Crippen LogP contribution in [-0.2, 0) is 0 Å². The second-order valence-corrected chi connectivity index (χ2v) is 7.83. The predicted octanol–water partition coefficient (Wildman–Crippen LogP) is 3.08. The highest BCUT2D eigenvalue weighted by Crippen LogP contribution is 2.24. The Kier molecular flexibility index (Phi) is 6.30. The maximum absolute atomic E-state index is 12.8. The van der Waals surface area contributed by atoms with E-state index in [1.165, 1.54) is 0 Å². The first-order chi connectivity index (χ1) is 11.7. The molecule has 0 saturated carbocycles. The molecule has 138 valence electrons. The number of amides is 3. The summed E-state index contributed by atoms with van der Waals surface area (Å²) in [6, 6.07) is 4.83. The number of nitrogens with one attached hydrogen (secondary N) is 3. The maximum Gasteiger partial charge on any atom is 0.319 e. The average molecular weight is 367 g/mol. The lowest BCUT2D eigenvalue weighted by atomic mass is 10.0. The molecule has 0 unspecified atom stereocenters. The van der Waals surface area contributed by atoms with Crippen molar-refractivity contribution in [2.45, 2.75) is 45.2 Å². The van der Waals surface area contributed by atoms with Crippen molar-refractivity contribution in [3.63, 3.8) is 0 Å². The Bertz CT molecular complexity index is 636. The van der Waals surface area contributed by atoms with Gasteiger partial charge >= 0.3 is 6.03 Å². The normalized spacial score (nSPS) is 15.6. The first-order valence-corrected chi connectivity index (χ1v) is 8.92. The zero-order chi connectivity index (χ0) is 18.6. The largest absolute Gasteiger partial charge is 0.339 e. The van der Waals surface area contributed by atoms with Gasteiger partial charge in [-0.1, -0.05) is 11.6 Å². The smallest absolute Gasteiger partial charge is 0.319 e. The molecule has 1 heterocycles. The molecular weight excluding hydrogens is 340 g/mol. The summed E-state index contributed by atoms with van der Waals surface area (Å²) in [5.41, 5.74) is 0.592. The van der Waals surface area contributed by atoms with Crippen molar-refractivity contribution in [1.82, 2.24) is 15.5 Å². The number of hydrogen-bond donors (Lipinski definition) is 3. The van der Waals surface area contributed by atoms with Gasteiger partial charge in [0.25, 0.3) is 5.91 Å².